The van der Waals surface area contributed by atoms with Gasteiger partial charge in [-0.2, -0.15) is 5.10 Å². The number of aryl methyl sites for hydroxylation is 1. The molecule has 1 aromatic rings. The Balaban J connectivity index is 2.91. The maximum Gasteiger partial charge on any atom is 0.407 e. The highest BCUT2D eigenvalue weighted by Gasteiger charge is 2.33. The molecule has 0 fully saturated rings. The van der Waals surface area contributed by atoms with Crippen LogP contribution in [-0.2, 0) is 17.2 Å². The van der Waals surface area contributed by atoms with Crippen LogP contribution >= 0.6 is 0 Å². The Morgan fingerprint density at radius 2 is 2.05 bits per heavy atom. The summed E-state index contributed by atoms with van der Waals surface area (Å²) in [7, 11) is 1.56. The van der Waals surface area contributed by atoms with E-state index >= 15 is 0 Å². The summed E-state index contributed by atoms with van der Waals surface area (Å²) in [6.45, 7) is 7.07. The molecule has 0 saturated carbocycles. The van der Waals surface area contributed by atoms with E-state index in [1.165, 1.54) is 10.9 Å². The van der Waals surface area contributed by atoms with Gasteiger partial charge < -0.3 is 15.8 Å². The first-order valence-electron chi connectivity index (χ1n) is 6.97. The highest BCUT2D eigenvalue weighted by atomic mass is 19.3. The summed E-state index contributed by atoms with van der Waals surface area (Å²) in [4.78, 5) is 11.7. The third kappa shape index (κ3) is 4.66. The van der Waals surface area contributed by atoms with Crippen LogP contribution in [0.1, 0.15) is 45.4 Å². The van der Waals surface area contributed by atoms with Gasteiger partial charge in [0.2, 0.25) is 0 Å². The van der Waals surface area contributed by atoms with Gasteiger partial charge in [-0.1, -0.05) is 6.92 Å². The zero-order valence-corrected chi connectivity index (χ0v) is 13.6. The lowest BCUT2D eigenvalue weighted by molar-refractivity contribution is 0.0516. The van der Waals surface area contributed by atoms with Crippen LogP contribution in [0.25, 0.3) is 0 Å². The van der Waals surface area contributed by atoms with Crippen LogP contribution in [0.3, 0.4) is 0 Å². The lowest BCUT2D eigenvalue weighted by Gasteiger charge is -2.29. The van der Waals surface area contributed by atoms with E-state index in [9.17, 15) is 13.6 Å². The van der Waals surface area contributed by atoms with Gasteiger partial charge in [-0.05, 0) is 20.8 Å². The van der Waals surface area contributed by atoms with E-state index in [1.807, 2.05) is 0 Å². The second kappa shape index (κ2) is 6.60. The molecule has 0 aliphatic rings. The Labute approximate surface area is 129 Å². The van der Waals surface area contributed by atoms with E-state index in [1.54, 1.807) is 34.7 Å². The number of nitrogens with two attached hydrogens (primary N) is 1. The third-order valence-electron chi connectivity index (χ3n) is 3.19. The van der Waals surface area contributed by atoms with E-state index in [2.05, 4.69) is 10.4 Å². The summed E-state index contributed by atoms with van der Waals surface area (Å²) >= 11 is 0. The van der Waals surface area contributed by atoms with Crippen molar-refractivity contribution in [3.8, 4) is 0 Å². The van der Waals surface area contributed by atoms with Crippen molar-refractivity contribution >= 4 is 6.09 Å². The number of carbonyl (C=O) groups is 1. The van der Waals surface area contributed by atoms with Gasteiger partial charge in [0.25, 0.3) is 6.43 Å². The molecule has 1 aromatic heterocycles. The minimum atomic E-state index is -2.70. The monoisotopic (exact) mass is 318 g/mol. The summed E-state index contributed by atoms with van der Waals surface area (Å²) in [5.74, 6) is 0. The Hall–Kier alpha value is -1.70. The van der Waals surface area contributed by atoms with Gasteiger partial charge in [0.1, 0.15) is 11.3 Å². The van der Waals surface area contributed by atoms with Gasteiger partial charge in [0.15, 0.2) is 0 Å². The average molecular weight is 318 g/mol. The smallest absolute Gasteiger partial charge is 0.407 e. The fourth-order valence-corrected chi connectivity index (χ4v) is 1.99. The first kappa shape index (κ1) is 18.3. The number of aromatic nitrogens is 2. The zero-order valence-electron chi connectivity index (χ0n) is 13.6. The normalized spacial score (nSPS) is 14.8. The van der Waals surface area contributed by atoms with Crippen molar-refractivity contribution in [3.63, 3.8) is 0 Å². The number of alkyl halides is 2. The third-order valence-corrected chi connectivity index (χ3v) is 3.19. The van der Waals surface area contributed by atoms with Crippen molar-refractivity contribution in [2.45, 2.75) is 45.1 Å². The number of alkyl carbamates (subject to hydrolysis) is 1. The van der Waals surface area contributed by atoms with Crippen molar-refractivity contribution < 1.29 is 18.3 Å². The molecule has 0 bridgehead atoms. The minimum absolute atomic E-state index is 0.0732. The van der Waals surface area contributed by atoms with E-state index in [0.717, 1.165) is 0 Å². The van der Waals surface area contributed by atoms with Gasteiger partial charge in [-0.25, -0.2) is 13.6 Å². The number of amides is 1. The molecule has 0 radical (unpaired) electrons. The summed E-state index contributed by atoms with van der Waals surface area (Å²) in [6, 6.07) is 0. The molecule has 22 heavy (non-hydrogen) atoms. The number of hydrogen-bond donors (Lipinski definition) is 2. The lowest BCUT2D eigenvalue weighted by atomic mass is 9.82. The lowest BCUT2D eigenvalue weighted by Crippen LogP contribution is -2.45. The van der Waals surface area contributed by atoms with Crippen molar-refractivity contribution in [3.05, 3.63) is 17.5 Å². The molecule has 1 amide bonds. The fraction of sp³-hybridized carbons (Fsp3) is 0.714. The molecule has 6 nitrogen and oxygen atoms in total. The van der Waals surface area contributed by atoms with E-state index in [-0.39, 0.29) is 18.8 Å². The molecule has 0 aliphatic heterocycles. The number of carbonyl (C=O) groups excluding carboxylic acids is 1. The van der Waals surface area contributed by atoms with Crippen LogP contribution in [0.5, 0.6) is 0 Å². The molecular weight excluding hydrogens is 294 g/mol. The van der Waals surface area contributed by atoms with Crippen LogP contribution in [0.15, 0.2) is 6.20 Å². The number of hydrogen-bond acceptors (Lipinski definition) is 4. The average Bonchev–Trinajstić information content (AvgIpc) is 2.77. The first-order chi connectivity index (χ1) is 9.98. The molecule has 1 rings (SSSR count). The SMILES string of the molecule is Cn1cc(C(C)(CN)CNC(=O)OC(C)(C)C)c(C(F)F)n1. The number of nitrogens with zero attached hydrogens (tertiary/aromatic N) is 2. The van der Waals surface area contributed by atoms with Crippen LogP contribution in [0, 0.1) is 0 Å². The van der Waals surface area contributed by atoms with Crippen molar-refractivity contribution in [1.82, 2.24) is 15.1 Å². The van der Waals surface area contributed by atoms with Crippen molar-refractivity contribution in [1.29, 1.82) is 0 Å². The van der Waals surface area contributed by atoms with Gasteiger partial charge in [-0.3, -0.25) is 4.68 Å². The van der Waals surface area contributed by atoms with Crippen LogP contribution in [0.4, 0.5) is 13.6 Å². The number of rotatable bonds is 5. The zero-order chi connectivity index (χ0) is 17.1. The van der Waals surface area contributed by atoms with Crippen molar-refractivity contribution in [2.75, 3.05) is 13.1 Å². The second-order valence-corrected chi connectivity index (χ2v) is 6.52. The molecule has 0 aromatic carbocycles. The topological polar surface area (TPSA) is 82.2 Å². The summed E-state index contributed by atoms with van der Waals surface area (Å²) in [5.41, 5.74) is 4.26. The first-order valence-corrected chi connectivity index (χ1v) is 6.97. The highest BCUT2D eigenvalue weighted by molar-refractivity contribution is 5.67. The fourth-order valence-electron chi connectivity index (χ4n) is 1.99. The molecule has 0 saturated heterocycles. The maximum absolute atomic E-state index is 13.1. The predicted octanol–water partition coefficient (Wildman–Crippen LogP) is 2.10. The summed E-state index contributed by atoms with van der Waals surface area (Å²) in [6.07, 6.45) is -1.82. The summed E-state index contributed by atoms with van der Waals surface area (Å²) < 4.78 is 32.7. The van der Waals surface area contributed by atoms with E-state index < -0.39 is 23.5 Å². The van der Waals surface area contributed by atoms with Gasteiger partial charge >= 0.3 is 6.09 Å². The van der Waals surface area contributed by atoms with Gasteiger partial charge in [0.05, 0.1) is 0 Å². The number of halogens is 2. The Morgan fingerprint density at radius 3 is 2.50 bits per heavy atom. The molecule has 0 aliphatic carbocycles. The van der Waals surface area contributed by atoms with E-state index in [0.29, 0.717) is 5.56 Å². The number of nitrogens with one attached hydrogen (secondary N) is 1. The summed E-state index contributed by atoms with van der Waals surface area (Å²) in [5, 5.41) is 6.36. The largest absolute Gasteiger partial charge is 0.444 e. The molecule has 8 heteroatoms. The van der Waals surface area contributed by atoms with Crippen LogP contribution in [0.2, 0.25) is 0 Å². The molecule has 0 spiro atoms. The Bertz CT molecular complexity index is 525. The Kier molecular flexibility index (Phi) is 5.50. The number of ether oxygens (including phenoxy) is 1. The standard InChI is InChI=1S/C14H24F2N4O2/c1-13(2,3)22-12(21)18-8-14(4,7-17)9-6-20(5)19-10(9)11(15)16/h6,11H,7-8,17H2,1-5H3,(H,18,21). The minimum Gasteiger partial charge on any atom is -0.444 e. The maximum atomic E-state index is 13.1. The predicted molar refractivity (Wildman–Crippen MR) is 78.8 cm³/mol. The molecule has 1 atom stereocenters. The quantitative estimate of drug-likeness (QED) is 0.871. The second-order valence-electron chi connectivity index (χ2n) is 6.52. The highest BCUT2D eigenvalue weighted by Crippen LogP contribution is 2.30. The van der Waals surface area contributed by atoms with Crippen LogP contribution < -0.4 is 11.1 Å². The molecule has 1 unspecified atom stereocenters. The van der Waals surface area contributed by atoms with E-state index in [4.69, 9.17) is 10.5 Å². The van der Waals surface area contributed by atoms with Gasteiger partial charge in [-0.15, -0.1) is 0 Å². The van der Waals surface area contributed by atoms with Gasteiger partial charge in [0, 0.05) is 37.3 Å². The molecule has 3 N–H and O–H groups in total. The molecule has 1 heterocycles. The molecular formula is C14H24F2N4O2. The van der Waals surface area contributed by atoms with Crippen LogP contribution in [-0.4, -0.2) is 34.6 Å². The Morgan fingerprint density at radius 1 is 1.45 bits per heavy atom. The van der Waals surface area contributed by atoms with Crippen molar-refractivity contribution in [2.24, 2.45) is 12.8 Å². The molecule has 126 valence electrons.